The first kappa shape index (κ1) is 11.5. The SMILES string of the molecule is C=C(C)CN=C(N)NC1COc2ccccc21. The Hall–Kier alpha value is -1.97. The number of hydrogen-bond donors (Lipinski definition) is 2. The molecule has 1 aliphatic rings. The van der Waals surface area contributed by atoms with Crippen LogP contribution in [0.15, 0.2) is 41.4 Å². The van der Waals surface area contributed by atoms with Crippen LogP contribution in [0.25, 0.3) is 0 Å². The lowest BCUT2D eigenvalue weighted by atomic mass is 10.1. The van der Waals surface area contributed by atoms with E-state index in [4.69, 9.17) is 10.5 Å². The second kappa shape index (κ2) is 4.91. The standard InChI is InChI=1S/C13H17N3O/c1-9(2)7-15-13(14)16-11-8-17-12-6-4-3-5-10(11)12/h3-6,11H,1,7-8H2,2H3,(H3,14,15,16). The van der Waals surface area contributed by atoms with Gasteiger partial charge < -0.3 is 15.8 Å². The number of fused-ring (bicyclic) bond motifs is 1. The van der Waals surface area contributed by atoms with Crippen molar-refractivity contribution < 1.29 is 4.74 Å². The number of nitrogens with zero attached hydrogens (tertiary/aromatic N) is 1. The molecule has 0 saturated heterocycles. The summed E-state index contributed by atoms with van der Waals surface area (Å²) in [4.78, 5) is 4.19. The molecule has 4 heteroatoms. The third kappa shape index (κ3) is 2.78. The fourth-order valence-electron chi connectivity index (χ4n) is 1.73. The Kier molecular flexibility index (Phi) is 3.32. The van der Waals surface area contributed by atoms with Gasteiger partial charge in [0.25, 0.3) is 0 Å². The summed E-state index contributed by atoms with van der Waals surface area (Å²) >= 11 is 0. The second-order valence-electron chi connectivity index (χ2n) is 4.20. The van der Waals surface area contributed by atoms with Crippen LogP contribution in [0.4, 0.5) is 0 Å². The molecule has 0 amide bonds. The van der Waals surface area contributed by atoms with Crippen LogP contribution in [0, 0.1) is 0 Å². The minimum absolute atomic E-state index is 0.0834. The Morgan fingerprint density at radius 3 is 3.12 bits per heavy atom. The number of benzene rings is 1. The van der Waals surface area contributed by atoms with Crippen molar-refractivity contribution in [2.75, 3.05) is 13.2 Å². The van der Waals surface area contributed by atoms with Gasteiger partial charge in [-0.25, -0.2) is 4.99 Å². The molecule has 1 unspecified atom stereocenters. The van der Waals surface area contributed by atoms with Gasteiger partial charge in [0.05, 0.1) is 12.6 Å². The summed E-state index contributed by atoms with van der Waals surface area (Å²) in [6.45, 7) is 6.84. The Labute approximate surface area is 101 Å². The molecule has 90 valence electrons. The monoisotopic (exact) mass is 231 g/mol. The summed E-state index contributed by atoms with van der Waals surface area (Å²) in [5, 5.41) is 3.15. The largest absolute Gasteiger partial charge is 0.491 e. The van der Waals surface area contributed by atoms with Crippen molar-refractivity contribution in [1.82, 2.24) is 5.32 Å². The van der Waals surface area contributed by atoms with Gasteiger partial charge in [-0.1, -0.05) is 30.4 Å². The van der Waals surface area contributed by atoms with Gasteiger partial charge >= 0.3 is 0 Å². The van der Waals surface area contributed by atoms with Gasteiger partial charge in [-0.05, 0) is 13.0 Å². The summed E-state index contributed by atoms with van der Waals surface area (Å²) in [5.74, 6) is 1.34. The summed E-state index contributed by atoms with van der Waals surface area (Å²) in [6.07, 6.45) is 0. The summed E-state index contributed by atoms with van der Waals surface area (Å²) in [5.41, 5.74) is 7.91. The van der Waals surface area contributed by atoms with Crippen LogP contribution in [-0.2, 0) is 0 Å². The first-order valence-electron chi connectivity index (χ1n) is 5.59. The van der Waals surface area contributed by atoms with E-state index in [1.165, 1.54) is 0 Å². The predicted octanol–water partition coefficient (Wildman–Crippen LogP) is 1.60. The Balaban J connectivity index is 2.02. The number of rotatable bonds is 3. The average Bonchev–Trinajstić information content (AvgIpc) is 2.70. The molecule has 1 aromatic carbocycles. The maximum Gasteiger partial charge on any atom is 0.189 e. The predicted molar refractivity (Wildman–Crippen MR) is 69.1 cm³/mol. The van der Waals surface area contributed by atoms with Gasteiger partial charge in [0, 0.05) is 5.56 Å². The van der Waals surface area contributed by atoms with Crippen LogP contribution >= 0.6 is 0 Å². The second-order valence-corrected chi connectivity index (χ2v) is 4.20. The number of ether oxygens (including phenoxy) is 1. The molecule has 17 heavy (non-hydrogen) atoms. The Bertz CT molecular complexity index is 454. The van der Waals surface area contributed by atoms with Crippen LogP contribution in [-0.4, -0.2) is 19.1 Å². The highest BCUT2D eigenvalue weighted by molar-refractivity contribution is 5.78. The molecule has 0 bridgehead atoms. The number of guanidine groups is 1. The van der Waals surface area contributed by atoms with E-state index in [9.17, 15) is 0 Å². The number of aliphatic imine (C=N–C) groups is 1. The molecular weight excluding hydrogens is 214 g/mol. The Morgan fingerprint density at radius 1 is 1.59 bits per heavy atom. The number of nitrogens with two attached hydrogens (primary N) is 1. The molecule has 1 atom stereocenters. The number of nitrogens with one attached hydrogen (secondary N) is 1. The lowest BCUT2D eigenvalue weighted by molar-refractivity contribution is 0.324. The highest BCUT2D eigenvalue weighted by atomic mass is 16.5. The molecule has 1 heterocycles. The molecule has 2 rings (SSSR count). The van der Waals surface area contributed by atoms with E-state index >= 15 is 0 Å². The van der Waals surface area contributed by atoms with Crippen molar-refractivity contribution in [3.05, 3.63) is 42.0 Å². The van der Waals surface area contributed by atoms with Gasteiger partial charge in [0.2, 0.25) is 0 Å². The Morgan fingerprint density at radius 2 is 2.35 bits per heavy atom. The van der Waals surface area contributed by atoms with Gasteiger partial charge in [0.15, 0.2) is 5.96 Å². The molecule has 0 fully saturated rings. The molecule has 0 aromatic heterocycles. The minimum atomic E-state index is 0.0834. The van der Waals surface area contributed by atoms with Crippen LogP contribution in [0.2, 0.25) is 0 Å². The van der Waals surface area contributed by atoms with Gasteiger partial charge in [0.1, 0.15) is 12.4 Å². The van der Waals surface area contributed by atoms with Crippen molar-refractivity contribution in [1.29, 1.82) is 0 Å². The smallest absolute Gasteiger partial charge is 0.189 e. The maximum absolute atomic E-state index is 5.80. The lowest BCUT2D eigenvalue weighted by Gasteiger charge is -2.12. The van der Waals surface area contributed by atoms with Crippen LogP contribution in [0.3, 0.4) is 0 Å². The van der Waals surface area contributed by atoms with E-state index in [0.717, 1.165) is 16.9 Å². The maximum atomic E-state index is 5.80. The zero-order valence-electron chi connectivity index (χ0n) is 9.94. The van der Waals surface area contributed by atoms with E-state index in [2.05, 4.69) is 16.9 Å². The van der Waals surface area contributed by atoms with Gasteiger partial charge in [-0.3, -0.25) is 0 Å². The first-order chi connectivity index (χ1) is 8.16. The molecule has 0 spiro atoms. The fraction of sp³-hybridized carbons (Fsp3) is 0.308. The van der Waals surface area contributed by atoms with Crippen molar-refractivity contribution >= 4 is 5.96 Å². The minimum Gasteiger partial charge on any atom is -0.491 e. The van der Waals surface area contributed by atoms with Crippen LogP contribution < -0.4 is 15.8 Å². The average molecular weight is 231 g/mol. The molecule has 1 aliphatic heterocycles. The zero-order chi connectivity index (χ0) is 12.3. The highest BCUT2D eigenvalue weighted by Crippen LogP contribution is 2.31. The quantitative estimate of drug-likeness (QED) is 0.472. The molecule has 0 saturated carbocycles. The molecule has 0 aliphatic carbocycles. The van der Waals surface area contributed by atoms with E-state index in [1.54, 1.807) is 0 Å². The van der Waals surface area contributed by atoms with Crippen molar-refractivity contribution in [3.63, 3.8) is 0 Å². The molecule has 3 N–H and O–H groups in total. The van der Waals surface area contributed by atoms with Crippen molar-refractivity contribution in [2.24, 2.45) is 10.7 Å². The van der Waals surface area contributed by atoms with E-state index < -0.39 is 0 Å². The summed E-state index contributed by atoms with van der Waals surface area (Å²) in [6, 6.07) is 8.02. The van der Waals surface area contributed by atoms with E-state index in [-0.39, 0.29) is 6.04 Å². The third-order valence-electron chi connectivity index (χ3n) is 2.54. The van der Waals surface area contributed by atoms with Crippen molar-refractivity contribution in [2.45, 2.75) is 13.0 Å². The normalized spacial score (nSPS) is 18.4. The van der Waals surface area contributed by atoms with E-state index in [0.29, 0.717) is 19.1 Å². The topological polar surface area (TPSA) is 59.6 Å². The third-order valence-corrected chi connectivity index (χ3v) is 2.54. The first-order valence-corrected chi connectivity index (χ1v) is 5.59. The van der Waals surface area contributed by atoms with Crippen molar-refractivity contribution in [3.8, 4) is 5.75 Å². The molecule has 4 nitrogen and oxygen atoms in total. The molecule has 0 radical (unpaired) electrons. The van der Waals surface area contributed by atoms with Crippen LogP contribution in [0.5, 0.6) is 5.75 Å². The molecular formula is C13H17N3O. The number of para-hydroxylation sites is 1. The van der Waals surface area contributed by atoms with E-state index in [1.807, 2.05) is 31.2 Å². The summed E-state index contributed by atoms with van der Waals surface area (Å²) < 4.78 is 5.55. The van der Waals surface area contributed by atoms with Crippen LogP contribution in [0.1, 0.15) is 18.5 Å². The molecule has 1 aromatic rings. The highest BCUT2D eigenvalue weighted by Gasteiger charge is 2.23. The summed E-state index contributed by atoms with van der Waals surface area (Å²) in [7, 11) is 0. The van der Waals surface area contributed by atoms with Gasteiger partial charge in [-0.2, -0.15) is 0 Å². The lowest BCUT2D eigenvalue weighted by Crippen LogP contribution is -2.35. The van der Waals surface area contributed by atoms with Gasteiger partial charge in [-0.15, -0.1) is 0 Å². The fourth-order valence-corrected chi connectivity index (χ4v) is 1.73. The number of hydrogen-bond acceptors (Lipinski definition) is 2. The zero-order valence-corrected chi connectivity index (χ0v) is 9.94.